The first kappa shape index (κ1) is 16.2. The molecule has 1 unspecified atom stereocenters. The van der Waals surface area contributed by atoms with Gasteiger partial charge in [-0.15, -0.1) is 0 Å². The van der Waals surface area contributed by atoms with Crippen molar-refractivity contribution in [3.8, 4) is 0 Å². The lowest BCUT2D eigenvalue weighted by molar-refractivity contribution is -0.153. The Morgan fingerprint density at radius 2 is 2.00 bits per heavy atom. The number of carbonyl (C=O) groups is 2. The Balaban J connectivity index is 2.04. The van der Waals surface area contributed by atoms with Gasteiger partial charge >= 0.3 is 0 Å². The summed E-state index contributed by atoms with van der Waals surface area (Å²) in [6, 6.07) is 0. The van der Waals surface area contributed by atoms with Crippen LogP contribution in [-0.2, 0) is 14.3 Å². The van der Waals surface area contributed by atoms with Gasteiger partial charge in [0.05, 0.1) is 19.3 Å². The molecule has 2 heterocycles. The molecule has 6 nitrogen and oxygen atoms in total. The van der Waals surface area contributed by atoms with Gasteiger partial charge in [0.2, 0.25) is 11.8 Å². The fraction of sp³-hybridized carbons (Fsp3) is 0.867. The lowest BCUT2D eigenvalue weighted by Crippen LogP contribution is -2.67. The molecule has 0 aromatic rings. The van der Waals surface area contributed by atoms with E-state index < -0.39 is 5.54 Å². The van der Waals surface area contributed by atoms with E-state index in [2.05, 4.69) is 17.1 Å². The largest absolute Gasteiger partial charge is 0.374 e. The van der Waals surface area contributed by atoms with Crippen LogP contribution in [0.15, 0.2) is 0 Å². The highest BCUT2D eigenvalue weighted by Gasteiger charge is 2.44. The van der Waals surface area contributed by atoms with Gasteiger partial charge in [0.25, 0.3) is 0 Å². The van der Waals surface area contributed by atoms with Gasteiger partial charge in [0.1, 0.15) is 5.54 Å². The van der Waals surface area contributed by atoms with E-state index in [0.29, 0.717) is 26.0 Å². The molecular weight excluding hydrogens is 270 g/mol. The number of nitrogens with one attached hydrogen (secondary N) is 1. The summed E-state index contributed by atoms with van der Waals surface area (Å²) in [6.07, 6.45) is 1.24. The van der Waals surface area contributed by atoms with Crippen LogP contribution < -0.4 is 5.32 Å². The zero-order valence-electron chi connectivity index (χ0n) is 13.4. The SMILES string of the molecule is CCN1CCOC(CN2CC(=O)NC(CC)(CC)C2=O)C1. The molecule has 0 radical (unpaired) electrons. The normalized spacial score (nSPS) is 26.8. The lowest BCUT2D eigenvalue weighted by Gasteiger charge is -2.43. The van der Waals surface area contributed by atoms with Gasteiger partial charge in [0, 0.05) is 19.6 Å². The summed E-state index contributed by atoms with van der Waals surface area (Å²) in [4.78, 5) is 28.7. The van der Waals surface area contributed by atoms with E-state index in [9.17, 15) is 9.59 Å². The van der Waals surface area contributed by atoms with Crippen molar-refractivity contribution in [3.63, 3.8) is 0 Å². The van der Waals surface area contributed by atoms with Crippen molar-refractivity contribution < 1.29 is 14.3 Å². The molecule has 2 rings (SSSR count). The van der Waals surface area contributed by atoms with Crippen LogP contribution in [0.4, 0.5) is 0 Å². The third-order valence-electron chi connectivity index (χ3n) is 4.71. The quantitative estimate of drug-likeness (QED) is 0.789. The number of nitrogens with zero attached hydrogens (tertiary/aromatic N) is 2. The molecule has 21 heavy (non-hydrogen) atoms. The Morgan fingerprint density at radius 1 is 1.29 bits per heavy atom. The Kier molecular flexibility index (Phi) is 5.22. The molecule has 2 saturated heterocycles. The van der Waals surface area contributed by atoms with E-state index >= 15 is 0 Å². The second-order valence-electron chi connectivity index (χ2n) is 5.91. The maximum atomic E-state index is 12.7. The smallest absolute Gasteiger partial charge is 0.248 e. The summed E-state index contributed by atoms with van der Waals surface area (Å²) in [7, 11) is 0. The van der Waals surface area contributed by atoms with Gasteiger partial charge < -0.3 is 15.0 Å². The second-order valence-corrected chi connectivity index (χ2v) is 5.91. The fourth-order valence-electron chi connectivity index (χ4n) is 3.21. The zero-order valence-corrected chi connectivity index (χ0v) is 13.4. The molecule has 120 valence electrons. The minimum absolute atomic E-state index is 0.0000350. The maximum absolute atomic E-state index is 12.7. The van der Waals surface area contributed by atoms with E-state index in [1.165, 1.54) is 0 Å². The molecule has 2 aliphatic heterocycles. The van der Waals surface area contributed by atoms with Crippen LogP contribution >= 0.6 is 0 Å². The van der Waals surface area contributed by atoms with Crippen LogP contribution in [0.1, 0.15) is 33.6 Å². The van der Waals surface area contributed by atoms with Gasteiger partial charge in [-0.1, -0.05) is 20.8 Å². The van der Waals surface area contributed by atoms with Crippen LogP contribution in [0, 0.1) is 0 Å². The Labute approximate surface area is 126 Å². The van der Waals surface area contributed by atoms with E-state index in [1.54, 1.807) is 4.90 Å². The van der Waals surface area contributed by atoms with Gasteiger partial charge in [-0.25, -0.2) is 0 Å². The van der Waals surface area contributed by atoms with Gasteiger partial charge in [0.15, 0.2) is 0 Å². The van der Waals surface area contributed by atoms with Gasteiger partial charge in [-0.05, 0) is 19.4 Å². The van der Waals surface area contributed by atoms with Gasteiger partial charge in [-0.3, -0.25) is 14.5 Å². The Hall–Kier alpha value is -1.14. The first-order valence-electron chi connectivity index (χ1n) is 7.99. The molecule has 6 heteroatoms. The number of morpholine rings is 1. The van der Waals surface area contributed by atoms with Crippen molar-refractivity contribution in [1.82, 2.24) is 15.1 Å². The van der Waals surface area contributed by atoms with Crippen molar-refractivity contribution in [2.75, 3.05) is 39.3 Å². The summed E-state index contributed by atoms with van der Waals surface area (Å²) in [5, 5.41) is 2.88. The van der Waals surface area contributed by atoms with E-state index in [4.69, 9.17) is 4.74 Å². The highest BCUT2D eigenvalue weighted by atomic mass is 16.5. The molecule has 0 saturated carbocycles. The number of piperazine rings is 1. The summed E-state index contributed by atoms with van der Waals surface area (Å²) < 4.78 is 5.76. The molecule has 0 spiro atoms. The van der Waals surface area contributed by atoms with Crippen LogP contribution in [0.5, 0.6) is 0 Å². The predicted molar refractivity (Wildman–Crippen MR) is 79.9 cm³/mol. The Morgan fingerprint density at radius 3 is 2.62 bits per heavy atom. The number of ether oxygens (including phenoxy) is 1. The zero-order chi connectivity index (χ0) is 15.5. The number of likely N-dealkylation sites (N-methyl/N-ethyl adjacent to an activating group) is 1. The number of hydrogen-bond acceptors (Lipinski definition) is 4. The number of amides is 2. The average molecular weight is 297 g/mol. The third-order valence-corrected chi connectivity index (χ3v) is 4.71. The van der Waals surface area contributed by atoms with Crippen molar-refractivity contribution in [2.24, 2.45) is 0 Å². The fourth-order valence-corrected chi connectivity index (χ4v) is 3.21. The van der Waals surface area contributed by atoms with Crippen LogP contribution in [0.3, 0.4) is 0 Å². The van der Waals surface area contributed by atoms with Crippen LogP contribution in [0.2, 0.25) is 0 Å². The molecule has 1 N–H and O–H groups in total. The summed E-state index contributed by atoms with van der Waals surface area (Å²) in [6.45, 7) is 10.1. The minimum atomic E-state index is -0.728. The molecule has 2 fully saturated rings. The molecule has 0 aliphatic carbocycles. The molecule has 2 amide bonds. The van der Waals surface area contributed by atoms with Crippen LogP contribution in [0.25, 0.3) is 0 Å². The van der Waals surface area contributed by atoms with Crippen molar-refractivity contribution in [3.05, 3.63) is 0 Å². The average Bonchev–Trinajstić information content (AvgIpc) is 2.51. The third kappa shape index (κ3) is 3.37. The molecule has 2 aliphatic rings. The lowest BCUT2D eigenvalue weighted by atomic mass is 9.89. The van der Waals surface area contributed by atoms with E-state index in [-0.39, 0.29) is 24.5 Å². The topological polar surface area (TPSA) is 61.9 Å². The van der Waals surface area contributed by atoms with Crippen molar-refractivity contribution >= 4 is 11.8 Å². The summed E-state index contributed by atoms with van der Waals surface area (Å²) >= 11 is 0. The molecular formula is C15H27N3O3. The standard InChI is InChI=1S/C15H27N3O3/c1-4-15(5-2)14(20)18(11-13(19)16-15)10-12-9-17(6-3)7-8-21-12/h12H,4-11H2,1-3H3,(H,16,19). The second kappa shape index (κ2) is 6.75. The highest BCUT2D eigenvalue weighted by molar-refractivity contribution is 5.97. The van der Waals surface area contributed by atoms with Crippen molar-refractivity contribution in [2.45, 2.75) is 45.3 Å². The van der Waals surface area contributed by atoms with Crippen molar-refractivity contribution in [1.29, 1.82) is 0 Å². The van der Waals surface area contributed by atoms with E-state index in [0.717, 1.165) is 19.6 Å². The maximum Gasteiger partial charge on any atom is 0.248 e. The first-order valence-corrected chi connectivity index (χ1v) is 7.99. The predicted octanol–water partition coefficient (Wildman–Crippen LogP) is 0.224. The van der Waals surface area contributed by atoms with Gasteiger partial charge in [-0.2, -0.15) is 0 Å². The monoisotopic (exact) mass is 297 g/mol. The summed E-state index contributed by atoms with van der Waals surface area (Å²) in [5.74, 6) is -0.0363. The summed E-state index contributed by atoms with van der Waals surface area (Å²) in [5.41, 5.74) is -0.728. The number of rotatable bonds is 5. The molecule has 0 bridgehead atoms. The minimum Gasteiger partial charge on any atom is -0.374 e. The number of carbonyl (C=O) groups excluding carboxylic acids is 2. The highest BCUT2D eigenvalue weighted by Crippen LogP contribution is 2.23. The number of hydrogen-bond donors (Lipinski definition) is 1. The molecule has 0 aromatic heterocycles. The molecule has 0 aromatic carbocycles. The van der Waals surface area contributed by atoms with E-state index in [1.807, 2.05) is 13.8 Å². The van der Waals surface area contributed by atoms with Crippen LogP contribution in [-0.4, -0.2) is 72.6 Å². The Bertz CT molecular complexity index is 396. The first-order chi connectivity index (χ1) is 10.0. The molecule has 1 atom stereocenters.